The predicted molar refractivity (Wildman–Crippen MR) is 81.7 cm³/mol. The van der Waals surface area contributed by atoms with E-state index in [2.05, 4.69) is 10.3 Å². The normalized spacial score (nSPS) is 15.1. The molecule has 5 heteroatoms. The highest BCUT2D eigenvalue weighted by atomic mass is 16.8. The molecule has 1 saturated carbocycles. The molecule has 1 aromatic carbocycles. The summed E-state index contributed by atoms with van der Waals surface area (Å²) >= 11 is 0. The lowest BCUT2D eigenvalue weighted by molar-refractivity contribution is -0.131. The zero-order chi connectivity index (χ0) is 15.6. The van der Waals surface area contributed by atoms with Crippen molar-refractivity contribution in [1.82, 2.24) is 5.48 Å². The predicted octanol–water partition coefficient (Wildman–Crippen LogP) is 3.73. The summed E-state index contributed by atoms with van der Waals surface area (Å²) in [6.45, 7) is 0.123. The largest absolute Gasteiger partial charge is 0.533 e. The third-order valence-electron chi connectivity index (χ3n) is 3.95. The van der Waals surface area contributed by atoms with Gasteiger partial charge in [0.15, 0.2) is 0 Å². The van der Waals surface area contributed by atoms with E-state index in [0.29, 0.717) is 12.3 Å². The van der Waals surface area contributed by atoms with Crippen LogP contribution in [0.4, 0.5) is 4.79 Å². The lowest BCUT2D eigenvalue weighted by Gasteiger charge is -2.20. The Hall–Kier alpha value is -2.04. The number of nitrogens with one attached hydrogen (secondary N) is 1. The second kappa shape index (κ2) is 9.07. The second-order valence-electron chi connectivity index (χ2n) is 5.69. The lowest BCUT2D eigenvalue weighted by Crippen LogP contribution is -2.27. The van der Waals surface area contributed by atoms with Gasteiger partial charge in [0.2, 0.25) is 0 Å². The Labute approximate surface area is 130 Å². The number of hydroxylamine groups is 1. The Morgan fingerprint density at radius 2 is 1.82 bits per heavy atom. The van der Waals surface area contributed by atoms with Crippen molar-refractivity contribution in [3.8, 4) is 0 Å². The number of carbonyl (C=O) groups is 2. The van der Waals surface area contributed by atoms with Crippen molar-refractivity contribution in [3.63, 3.8) is 0 Å². The highest BCUT2D eigenvalue weighted by Crippen LogP contribution is 2.27. The van der Waals surface area contributed by atoms with Gasteiger partial charge in [-0.15, -0.1) is 0 Å². The summed E-state index contributed by atoms with van der Waals surface area (Å²) in [7, 11) is 0. The van der Waals surface area contributed by atoms with Crippen LogP contribution in [-0.2, 0) is 21.0 Å². The molecule has 1 amide bonds. The molecule has 0 atom stereocenters. The zero-order valence-electron chi connectivity index (χ0n) is 12.8. The Morgan fingerprint density at radius 3 is 2.55 bits per heavy atom. The molecule has 0 aromatic heterocycles. The first-order chi connectivity index (χ1) is 10.7. The molecule has 1 N–H and O–H groups in total. The maximum Gasteiger partial charge on any atom is 0.533 e. The zero-order valence-corrected chi connectivity index (χ0v) is 12.8. The third kappa shape index (κ3) is 6.16. The van der Waals surface area contributed by atoms with Gasteiger partial charge in [-0.1, -0.05) is 62.4 Å². The molecule has 0 unspecified atom stereocenters. The molecule has 1 aromatic rings. The minimum Gasteiger partial charge on any atom is -0.428 e. The molecule has 0 saturated heterocycles. The standard InChI is InChI=1S/C17H23NO4/c19-16(12-11-14-7-3-1-4-8-14)18-22-17(20)21-13-15-9-5-2-6-10-15/h2,5-6,9-10,14H,1,3-4,7-8,11-13H2,(H,18,19). The Bertz CT molecular complexity index is 469. The van der Waals surface area contributed by atoms with E-state index >= 15 is 0 Å². The lowest BCUT2D eigenvalue weighted by atomic mass is 9.86. The molecule has 0 radical (unpaired) electrons. The van der Waals surface area contributed by atoms with Gasteiger partial charge in [-0.2, -0.15) is 5.48 Å². The fourth-order valence-electron chi connectivity index (χ4n) is 2.71. The molecular formula is C17H23NO4. The van der Waals surface area contributed by atoms with Crippen LogP contribution in [0.3, 0.4) is 0 Å². The van der Waals surface area contributed by atoms with Gasteiger partial charge >= 0.3 is 6.16 Å². The molecule has 22 heavy (non-hydrogen) atoms. The molecule has 0 heterocycles. The van der Waals surface area contributed by atoms with Crippen molar-refractivity contribution in [2.45, 2.75) is 51.6 Å². The summed E-state index contributed by atoms with van der Waals surface area (Å²) in [6, 6.07) is 9.29. The number of ether oxygens (including phenoxy) is 1. The van der Waals surface area contributed by atoms with Crippen molar-refractivity contribution in [1.29, 1.82) is 0 Å². The van der Waals surface area contributed by atoms with Crippen LogP contribution in [0, 0.1) is 5.92 Å². The summed E-state index contributed by atoms with van der Waals surface area (Å²) in [6.07, 6.45) is 6.57. The Morgan fingerprint density at radius 1 is 1.09 bits per heavy atom. The van der Waals surface area contributed by atoms with Crippen LogP contribution < -0.4 is 5.48 Å². The fourth-order valence-corrected chi connectivity index (χ4v) is 2.71. The fraction of sp³-hybridized carbons (Fsp3) is 0.529. The number of amides is 1. The molecule has 0 spiro atoms. The number of hydrogen-bond acceptors (Lipinski definition) is 4. The van der Waals surface area contributed by atoms with E-state index in [4.69, 9.17) is 4.74 Å². The van der Waals surface area contributed by atoms with E-state index < -0.39 is 6.16 Å². The molecule has 2 rings (SSSR count). The van der Waals surface area contributed by atoms with Crippen molar-refractivity contribution < 1.29 is 19.2 Å². The number of carbonyl (C=O) groups excluding carboxylic acids is 2. The van der Waals surface area contributed by atoms with E-state index in [1.54, 1.807) is 0 Å². The van der Waals surface area contributed by atoms with Gasteiger partial charge in [-0.3, -0.25) is 4.79 Å². The molecule has 0 aliphatic heterocycles. The van der Waals surface area contributed by atoms with Gasteiger partial charge in [0.25, 0.3) is 5.91 Å². The summed E-state index contributed by atoms with van der Waals surface area (Å²) in [5.74, 6) is 0.353. The van der Waals surface area contributed by atoms with Crippen molar-refractivity contribution in [2.75, 3.05) is 0 Å². The third-order valence-corrected chi connectivity index (χ3v) is 3.95. The first-order valence-electron chi connectivity index (χ1n) is 7.90. The minimum atomic E-state index is -0.894. The monoisotopic (exact) mass is 305 g/mol. The van der Waals surface area contributed by atoms with Gasteiger partial charge in [0.1, 0.15) is 6.61 Å². The van der Waals surface area contributed by atoms with Crippen LogP contribution in [-0.4, -0.2) is 12.1 Å². The second-order valence-corrected chi connectivity index (χ2v) is 5.69. The van der Waals surface area contributed by atoms with Crippen LogP contribution in [0.2, 0.25) is 0 Å². The molecule has 5 nitrogen and oxygen atoms in total. The minimum absolute atomic E-state index is 0.123. The molecule has 1 fully saturated rings. The number of benzene rings is 1. The van der Waals surface area contributed by atoms with Crippen LogP contribution >= 0.6 is 0 Å². The molecule has 1 aliphatic carbocycles. The average molecular weight is 305 g/mol. The first kappa shape index (κ1) is 16.3. The highest BCUT2D eigenvalue weighted by molar-refractivity contribution is 5.76. The summed E-state index contributed by atoms with van der Waals surface area (Å²) in [5.41, 5.74) is 3.01. The van der Waals surface area contributed by atoms with Crippen molar-refractivity contribution >= 4 is 12.1 Å². The summed E-state index contributed by atoms with van der Waals surface area (Å²) in [5, 5.41) is 0. The molecule has 0 bridgehead atoms. The van der Waals surface area contributed by atoms with E-state index in [0.717, 1.165) is 12.0 Å². The van der Waals surface area contributed by atoms with E-state index in [9.17, 15) is 9.59 Å². The quantitative estimate of drug-likeness (QED) is 0.665. The van der Waals surface area contributed by atoms with E-state index in [1.807, 2.05) is 30.3 Å². The molecular weight excluding hydrogens is 282 g/mol. The van der Waals surface area contributed by atoms with E-state index in [1.165, 1.54) is 32.1 Å². The summed E-state index contributed by atoms with van der Waals surface area (Å²) in [4.78, 5) is 27.6. The molecule has 120 valence electrons. The topological polar surface area (TPSA) is 64.6 Å². The van der Waals surface area contributed by atoms with Gasteiger partial charge in [-0.05, 0) is 17.9 Å². The first-order valence-corrected chi connectivity index (χ1v) is 7.90. The average Bonchev–Trinajstić information content (AvgIpc) is 2.58. The maximum atomic E-state index is 11.6. The van der Waals surface area contributed by atoms with Gasteiger partial charge < -0.3 is 9.57 Å². The van der Waals surface area contributed by atoms with Crippen molar-refractivity contribution in [2.24, 2.45) is 5.92 Å². The smallest absolute Gasteiger partial charge is 0.428 e. The van der Waals surface area contributed by atoms with Gasteiger partial charge in [0.05, 0.1) is 0 Å². The van der Waals surface area contributed by atoms with Gasteiger partial charge in [0, 0.05) is 6.42 Å². The van der Waals surface area contributed by atoms with Crippen LogP contribution in [0.15, 0.2) is 30.3 Å². The van der Waals surface area contributed by atoms with Crippen molar-refractivity contribution in [3.05, 3.63) is 35.9 Å². The van der Waals surface area contributed by atoms with Crippen LogP contribution in [0.5, 0.6) is 0 Å². The maximum absolute atomic E-state index is 11.6. The highest BCUT2D eigenvalue weighted by Gasteiger charge is 2.15. The van der Waals surface area contributed by atoms with Crippen LogP contribution in [0.25, 0.3) is 0 Å². The number of hydrogen-bond donors (Lipinski definition) is 1. The SMILES string of the molecule is O=C(CCC1CCCCC1)NOC(=O)OCc1ccccc1. The summed E-state index contributed by atoms with van der Waals surface area (Å²) < 4.78 is 4.90. The van der Waals surface area contributed by atoms with E-state index in [-0.39, 0.29) is 12.5 Å². The van der Waals surface area contributed by atoms with Crippen LogP contribution in [0.1, 0.15) is 50.5 Å². The number of rotatable bonds is 5. The Kier molecular flexibility index (Phi) is 6.74. The Balaban J connectivity index is 1.56. The molecule has 1 aliphatic rings. The van der Waals surface area contributed by atoms with Gasteiger partial charge in [-0.25, -0.2) is 4.79 Å².